The zero-order valence-electron chi connectivity index (χ0n) is 17.3. The van der Waals surface area contributed by atoms with E-state index in [1.165, 1.54) is 0 Å². The highest BCUT2D eigenvalue weighted by molar-refractivity contribution is 14.0. The summed E-state index contributed by atoms with van der Waals surface area (Å²) in [6, 6.07) is 11.7. The summed E-state index contributed by atoms with van der Waals surface area (Å²) < 4.78 is 5.30. The molecule has 1 aliphatic rings. The van der Waals surface area contributed by atoms with Crippen molar-refractivity contribution >= 4 is 41.5 Å². The summed E-state index contributed by atoms with van der Waals surface area (Å²) in [6.07, 6.45) is 3.85. The molecule has 3 aromatic rings. The monoisotopic (exact) mass is 535 g/mol. The number of rotatable bonds is 7. The van der Waals surface area contributed by atoms with Crippen LogP contribution in [-0.2, 0) is 17.8 Å². The van der Waals surface area contributed by atoms with Crippen LogP contribution in [0.2, 0.25) is 0 Å². The average Bonchev–Trinajstić information content (AvgIpc) is 3.52. The normalized spacial score (nSPS) is 13.9. The van der Waals surface area contributed by atoms with Gasteiger partial charge in [0.2, 0.25) is 11.7 Å². The maximum atomic E-state index is 11.9. The molecule has 9 nitrogen and oxygen atoms in total. The molecule has 164 valence electrons. The predicted octanol–water partition coefficient (Wildman–Crippen LogP) is 2.72. The van der Waals surface area contributed by atoms with E-state index in [0.717, 1.165) is 30.0 Å². The minimum atomic E-state index is 0. The van der Waals surface area contributed by atoms with E-state index in [-0.39, 0.29) is 29.9 Å². The van der Waals surface area contributed by atoms with E-state index in [9.17, 15) is 4.79 Å². The Morgan fingerprint density at radius 1 is 1.26 bits per heavy atom. The number of furan rings is 1. The summed E-state index contributed by atoms with van der Waals surface area (Å²) in [7, 11) is 1.74. The fourth-order valence-electron chi connectivity index (χ4n) is 3.34. The summed E-state index contributed by atoms with van der Waals surface area (Å²) in [4.78, 5) is 22.4. The number of nitrogens with one attached hydrogen (secondary N) is 3. The van der Waals surface area contributed by atoms with E-state index in [0.29, 0.717) is 43.5 Å². The van der Waals surface area contributed by atoms with E-state index >= 15 is 0 Å². The smallest absolute Gasteiger partial charge is 0.227 e. The van der Waals surface area contributed by atoms with Crippen molar-refractivity contribution in [1.29, 1.82) is 0 Å². The molecule has 31 heavy (non-hydrogen) atoms. The van der Waals surface area contributed by atoms with Gasteiger partial charge in [-0.25, -0.2) is 4.98 Å². The summed E-state index contributed by atoms with van der Waals surface area (Å²) in [5.41, 5.74) is 2.08. The van der Waals surface area contributed by atoms with Crippen molar-refractivity contribution < 1.29 is 9.21 Å². The summed E-state index contributed by atoms with van der Waals surface area (Å²) >= 11 is 0. The van der Waals surface area contributed by atoms with Gasteiger partial charge in [0.25, 0.3) is 0 Å². The van der Waals surface area contributed by atoms with Gasteiger partial charge in [-0.15, -0.1) is 24.0 Å². The second kappa shape index (κ2) is 10.9. The number of H-pyrrole nitrogens is 1. The number of aromatic nitrogens is 3. The minimum absolute atomic E-state index is 0. The molecular formula is C21H26IN7O2. The molecule has 0 spiro atoms. The summed E-state index contributed by atoms with van der Waals surface area (Å²) in [5, 5.41) is 13.7. The van der Waals surface area contributed by atoms with Crippen LogP contribution >= 0.6 is 24.0 Å². The lowest BCUT2D eigenvalue weighted by Crippen LogP contribution is -2.38. The third-order valence-corrected chi connectivity index (χ3v) is 4.93. The molecule has 1 aliphatic heterocycles. The number of amides is 1. The van der Waals surface area contributed by atoms with E-state index in [2.05, 4.69) is 30.8 Å². The second-order valence-electron chi connectivity index (χ2n) is 7.00. The van der Waals surface area contributed by atoms with Gasteiger partial charge in [-0.05, 0) is 36.2 Å². The molecule has 3 N–H and O–H groups in total. The topological polar surface area (TPSA) is 111 Å². The Morgan fingerprint density at radius 2 is 2.10 bits per heavy atom. The van der Waals surface area contributed by atoms with Crippen LogP contribution in [0.3, 0.4) is 0 Å². The van der Waals surface area contributed by atoms with Crippen LogP contribution in [0.15, 0.2) is 52.1 Å². The Balaban J connectivity index is 0.00000272. The van der Waals surface area contributed by atoms with Gasteiger partial charge < -0.3 is 20.0 Å². The molecule has 0 radical (unpaired) electrons. The zero-order valence-corrected chi connectivity index (χ0v) is 19.6. The highest BCUT2D eigenvalue weighted by atomic mass is 127. The fraction of sp³-hybridized carbons (Fsp3) is 0.333. The molecule has 0 aliphatic carbocycles. The first-order valence-electron chi connectivity index (χ1n) is 10.0. The van der Waals surface area contributed by atoms with Crippen LogP contribution in [0.4, 0.5) is 5.69 Å². The molecule has 0 bridgehead atoms. The molecular weight excluding hydrogens is 509 g/mol. The number of aliphatic imine (C=N–C) groups is 1. The average molecular weight is 535 g/mol. The maximum Gasteiger partial charge on any atom is 0.227 e. The number of hydrogen-bond acceptors (Lipinski definition) is 5. The van der Waals surface area contributed by atoms with Crippen molar-refractivity contribution in [2.45, 2.75) is 25.8 Å². The number of guanidine groups is 1. The van der Waals surface area contributed by atoms with Gasteiger partial charge in [0.1, 0.15) is 5.82 Å². The first-order valence-corrected chi connectivity index (χ1v) is 10.0. The van der Waals surface area contributed by atoms with Gasteiger partial charge in [0.05, 0.1) is 6.26 Å². The number of carbonyl (C=O) groups is 1. The lowest BCUT2D eigenvalue weighted by Gasteiger charge is -2.16. The number of nitrogens with zero attached hydrogens (tertiary/aromatic N) is 4. The summed E-state index contributed by atoms with van der Waals surface area (Å²) in [6.45, 7) is 2.10. The van der Waals surface area contributed by atoms with Gasteiger partial charge in [-0.2, -0.15) is 5.10 Å². The number of aromatic amines is 1. The van der Waals surface area contributed by atoms with Crippen LogP contribution in [-0.4, -0.2) is 47.2 Å². The molecule has 1 saturated heterocycles. The Morgan fingerprint density at radius 3 is 2.77 bits per heavy atom. The number of benzene rings is 1. The third-order valence-electron chi connectivity index (χ3n) is 4.93. The van der Waals surface area contributed by atoms with Gasteiger partial charge in [0.15, 0.2) is 11.7 Å². The molecule has 4 rings (SSSR count). The van der Waals surface area contributed by atoms with Crippen molar-refractivity contribution in [3.05, 3.63) is 54.0 Å². The van der Waals surface area contributed by atoms with Crippen molar-refractivity contribution in [3.63, 3.8) is 0 Å². The maximum absolute atomic E-state index is 11.9. The molecule has 0 atom stereocenters. The fourth-order valence-corrected chi connectivity index (χ4v) is 3.34. The number of hydrogen-bond donors (Lipinski definition) is 3. The number of anilines is 1. The van der Waals surface area contributed by atoms with Gasteiger partial charge in [-0.1, -0.05) is 12.1 Å². The van der Waals surface area contributed by atoms with E-state index < -0.39 is 0 Å². The first kappa shape index (κ1) is 22.8. The van der Waals surface area contributed by atoms with Crippen LogP contribution < -0.4 is 15.5 Å². The second-order valence-corrected chi connectivity index (χ2v) is 7.00. The molecule has 10 heteroatoms. The van der Waals surface area contributed by atoms with Crippen molar-refractivity contribution in [3.8, 4) is 11.6 Å². The molecule has 1 amide bonds. The van der Waals surface area contributed by atoms with Crippen LogP contribution in [0.5, 0.6) is 0 Å². The minimum Gasteiger partial charge on any atom is -0.461 e. The quantitative estimate of drug-likeness (QED) is 0.244. The molecule has 0 saturated carbocycles. The van der Waals surface area contributed by atoms with E-state index in [1.54, 1.807) is 13.3 Å². The Hall–Kier alpha value is -2.89. The van der Waals surface area contributed by atoms with Crippen LogP contribution in [0, 0.1) is 0 Å². The van der Waals surface area contributed by atoms with Gasteiger partial charge in [0, 0.05) is 45.2 Å². The zero-order chi connectivity index (χ0) is 20.8. The predicted molar refractivity (Wildman–Crippen MR) is 129 cm³/mol. The Kier molecular flexibility index (Phi) is 8.04. The van der Waals surface area contributed by atoms with E-state index in [1.807, 2.05) is 41.3 Å². The number of carbonyl (C=O) groups excluding carboxylic acids is 1. The van der Waals surface area contributed by atoms with Gasteiger partial charge in [-0.3, -0.25) is 14.9 Å². The molecule has 2 aromatic heterocycles. The molecule has 0 unspecified atom stereocenters. The van der Waals surface area contributed by atoms with Crippen LogP contribution in [0.25, 0.3) is 11.6 Å². The molecule has 1 fully saturated rings. The van der Waals surface area contributed by atoms with Gasteiger partial charge >= 0.3 is 0 Å². The Labute approximate surface area is 197 Å². The van der Waals surface area contributed by atoms with Crippen molar-refractivity contribution in [1.82, 2.24) is 25.8 Å². The van der Waals surface area contributed by atoms with E-state index in [4.69, 9.17) is 4.42 Å². The highest BCUT2D eigenvalue weighted by Gasteiger charge is 2.21. The molecule has 1 aromatic carbocycles. The van der Waals surface area contributed by atoms with Crippen molar-refractivity contribution in [2.75, 3.05) is 25.0 Å². The SMILES string of the molecule is CN=C(NCCc1nc(-c2ccco2)n[nH]1)NCc1ccc(N2CCCC2=O)cc1.I. The molecule has 3 heterocycles. The van der Waals surface area contributed by atoms with Crippen molar-refractivity contribution in [2.24, 2.45) is 4.99 Å². The van der Waals surface area contributed by atoms with Crippen LogP contribution in [0.1, 0.15) is 24.2 Å². The number of halogens is 1. The third kappa shape index (κ3) is 5.84. The lowest BCUT2D eigenvalue weighted by molar-refractivity contribution is -0.117. The summed E-state index contributed by atoms with van der Waals surface area (Å²) in [5.74, 6) is 2.88. The largest absolute Gasteiger partial charge is 0.461 e. The Bertz CT molecular complexity index is 999. The highest BCUT2D eigenvalue weighted by Crippen LogP contribution is 2.21. The lowest BCUT2D eigenvalue weighted by atomic mass is 10.2. The first-order chi connectivity index (χ1) is 14.7. The standard InChI is InChI=1S/C21H25N7O2.HI/c1-22-21(23-11-10-18-25-20(27-26-18)17-4-3-13-30-17)24-14-15-6-8-16(9-7-15)28-12-2-5-19(28)29;/h3-4,6-9,13H,2,5,10-12,14H2,1H3,(H2,22,23,24)(H,25,26,27);1H.